The minimum Gasteiger partial charge on any atom is -0.383 e. The van der Waals surface area contributed by atoms with Crippen LogP contribution in [-0.2, 0) is 11.3 Å². The Morgan fingerprint density at radius 2 is 2.16 bits per heavy atom. The van der Waals surface area contributed by atoms with Crippen LogP contribution in [0.4, 0.5) is 11.4 Å². The molecule has 0 saturated heterocycles. The molecule has 106 valence electrons. The van der Waals surface area contributed by atoms with E-state index in [1.807, 2.05) is 0 Å². The Bertz CT molecular complexity index is 419. The number of ether oxygens (including phenoxy) is 1. The predicted molar refractivity (Wildman–Crippen MR) is 76.4 cm³/mol. The van der Waals surface area contributed by atoms with E-state index in [9.17, 15) is 10.1 Å². The number of hydrogen-bond acceptors (Lipinski definition) is 4. The van der Waals surface area contributed by atoms with Crippen molar-refractivity contribution in [1.29, 1.82) is 0 Å². The maximum absolute atomic E-state index is 10.8. The lowest BCUT2D eigenvalue weighted by Crippen LogP contribution is -2.00. The van der Waals surface area contributed by atoms with Crippen molar-refractivity contribution >= 4 is 11.4 Å². The smallest absolute Gasteiger partial charge is 0.292 e. The molecule has 0 bridgehead atoms. The Morgan fingerprint density at radius 1 is 1.42 bits per heavy atom. The summed E-state index contributed by atoms with van der Waals surface area (Å²) in [6.07, 6.45) is 2.20. The van der Waals surface area contributed by atoms with Crippen LogP contribution in [0.5, 0.6) is 0 Å². The molecule has 0 aliphatic carbocycles. The van der Waals surface area contributed by atoms with Crippen molar-refractivity contribution in [3.63, 3.8) is 0 Å². The molecule has 0 atom stereocenters. The zero-order valence-corrected chi connectivity index (χ0v) is 11.8. The van der Waals surface area contributed by atoms with Gasteiger partial charge >= 0.3 is 0 Å². The van der Waals surface area contributed by atoms with Gasteiger partial charge in [0, 0.05) is 19.7 Å². The normalized spacial score (nSPS) is 10.7. The number of benzene rings is 1. The van der Waals surface area contributed by atoms with E-state index < -0.39 is 0 Å². The van der Waals surface area contributed by atoms with E-state index >= 15 is 0 Å². The second kappa shape index (κ2) is 7.74. The molecule has 0 aliphatic heterocycles. The number of nitrogens with one attached hydrogen (secondary N) is 1. The largest absolute Gasteiger partial charge is 0.383 e. The highest BCUT2D eigenvalue weighted by Gasteiger charge is 2.12. The van der Waals surface area contributed by atoms with Crippen LogP contribution in [0.25, 0.3) is 0 Å². The van der Waals surface area contributed by atoms with Gasteiger partial charge in [-0.1, -0.05) is 13.8 Å². The summed E-state index contributed by atoms with van der Waals surface area (Å²) in [6.45, 7) is 5.60. The van der Waals surface area contributed by atoms with Gasteiger partial charge in [-0.2, -0.15) is 0 Å². The molecule has 0 radical (unpaired) electrons. The van der Waals surface area contributed by atoms with Gasteiger partial charge in [0.15, 0.2) is 0 Å². The Hall–Kier alpha value is -1.62. The van der Waals surface area contributed by atoms with Crippen LogP contribution in [0.15, 0.2) is 18.2 Å². The highest BCUT2D eigenvalue weighted by molar-refractivity contribution is 5.62. The Morgan fingerprint density at radius 3 is 2.74 bits per heavy atom. The van der Waals surface area contributed by atoms with Crippen molar-refractivity contribution in [3.05, 3.63) is 33.9 Å². The Balaban J connectivity index is 2.49. The third kappa shape index (κ3) is 5.26. The molecule has 1 aromatic rings. The van der Waals surface area contributed by atoms with Gasteiger partial charge in [-0.3, -0.25) is 10.1 Å². The van der Waals surface area contributed by atoms with E-state index in [0.717, 1.165) is 25.0 Å². The van der Waals surface area contributed by atoms with Gasteiger partial charge in [-0.15, -0.1) is 0 Å². The molecular weight excluding hydrogens is 244 g/mol. The summed E-state index contributed by atoms with van der Waals surface area (Å²) in [7, 11) is 1.68. The summed E-state index contributed by atoms with van der Waals surface area (Å²) >= 11 is 0. The number of anilines is 1. The third-order valence-corrected chi connectivity index (χ3v) is 2.87. The molecule has 0 unspecified atom stereocenters. The van der Waals surface area contributed by atoms with Gasteiger partial charge in [-0.05, 0) is 36.5 Å². The van der Waals surface area contributed by atoms with E-state index in [0.29, 0.717) is 18.2 Å². The first kappa shape index (κ1) is 15.4. The zero-order valence-electron chi connectivity index (χ0n) is 11.8. The highest BCUT2D eigenvalue weighted by Crippen LogP contribution is 2.25. The molecule has 0 aromatic heterocycles. The maximum Gasteiger partial charge on any atom is 0.292 e. The molecule has 0 fully saturated rings. The highest BCUT2D eigenvalue weighted by atomic mass is 16.6. The van der Waals surface area contributed by atoms with Crippen molar-refractivity contribution in [2.45, 2.75) is 33.3 Å². The average Bonchev–Trinajstić information content (AvgIpc) is 2.37. The average molecular weight is 266 g/mol. The first-order valence-electron chi connectivity index (χ1n) is 6.57. The van der Waals surface area contributed by atoms with Gasteiger partial charge < -0.3 is 10.1 Å². The second-order valence-electron chi connectivity index (χ2n) is 4.95. The molecule has 1 N–H and O–H groups in total. The summed E-state index contributed by atoms with van der Waals surface area (Å²) in [5.41, 5.74) is 1.55. The van der Waals surface area contributed by atoms with Gasteiger partial charge in [0.1, 0.15) is 5.69 Å². The number of nitro groups is 1. The molecular formula is C14H22N2O3. The minimum atomic E-state index is -0.390. The number of hydrogen-bond donors (Lipinski definition) is 1. The van der Waals surface area contributed by atoms with Gasteiger partial charge in [0.05, 0.1) is 11.5 Å². The van der Waals surface area contributed by atoms with E-state index in [2.05, 4.69) is 19.2 Å². The molecule has 19 heavy (non-hydrogen) atoms. The van der Waals surface area contributed by atoms with Crippen LogP contribution in [0.3, 0.4) is 0 Å². The lowest BCUT2D eigenvalue weighted by Gasteiger charge is -2.08. The molecule has 0 spiro atoms. The molecule has 0 saturated carbocycles. The summed E-state index contributed by atoms with van der Waals surface area (Å²) < 4.78 is 5.57. The molecule has 5 heteroatoms. The van der Waals surface area contributed by atoms with Crippen molar-refractivity contribution < 1.29 is 9.66 Å². The SMILES string of the molecule is CNc1cc(COCCCC(C)C)ccc1[N+](=O)[O-]. The number of nitro benzene ring substituents is 1. The van der Waals surface area contributed by atoms with Crippen molar-refractivity contribution in [2.24, 2.45) is 5.92 Å². The lowest BCUT2D eigenvalue weighted by molar-refractivity contribution is -0.384. The predicted octanol–water partition coefficient (Wildman–Crippen LogP) is 3.59. The maximum atomic E-state index is 10.8. The van der Waals surface area contributed by atoms with Gasteiger partial charge in [0.2, 0.25) is 0 Å². The Kier molecular flexibility index (Phi) is 6.29. The molecule has 0 amide bonds. The van der Waals surface area contributed by atoms with Gasteiger partial charge in [-0.25, -0.2) is 0 Å². The second-order valence-corrected chi connectivity index (χ2v) is 4.95. The number of nitrogens with zero attached hydrogens (tertiary/aromatic N) is 1. The van der Waals surface area contributed by atoms with Crippen LogP contribution in [0.1, 0.15) is 32.3 Å². The minimum absolute atomic E-state index is 0.0889. The number of rotatable bonds is 8. The van der Waals surface area contributed by atoms with E-state index in [-0.39, 0.29) is 10.6 Å². The fourth-order valence-corrected chi connectivity index (χ4v) is 1.82. The first-order valence-corrected chi connectivity index (χ1v) is 6.57. The van der Waals surface area contributed by atoms with Gasteiger partial charge in [0.25, 0.3) is 5.69 Å². The molecule has 1 aromatic carbocycles. The van der Waals surface area contributed by atoms with Crippen molar-refractivity contribution in [1.82, 2.24) is 0 Å². The fraction of sp³-hybridized carbons (Fsp3) is 0.571. The van der Waals surface area contributed by atoms with Crippen molar-refractivity contribution in [3.8, 4) is 0 Å². The summed E-state index contributed by atoms with van der Waals surface area (Å²) in [5, 5.41) is 13.6. The van der Waals surface area contributed by atoms with E-state index in [1.54, 1.807) is 19.2 Å². The van der Waals surface area contributed by atoms with Crippen LogP contribution < -0.4 is 5.32 Å². The van der Waals surface area contributed by atoms with Crippen LogP contribution in [0, 0.1) is 16.0 Å². The first-order chi connectivity index (χ1) is 9.04. The van der Waals surface area contributed by atoms with Crippen LogP contribution >= 0.6 is 0 Å². The lowest BCUT2D eigenvalue weighted by atomic mass is 10.1. The molecule has 5 nitrogen and oxygen atoms in total. The quantitative estimate of drug-likeness (QED) is 0.443. The zero-order chi connectivity index (χ0) is 14.3. The van der Waals surface area contributed by atoms with Crippen LogP contribution in [-0.4, -0.2) is 18.6 Å². The van der Waals surface area contributed by atoms with Crippen LogP contribution in [0.2, 0.25) is 0 Å². The Labute approximate surface area is 114 Å². The molecule has 0 heterocycles. The van der Waals surface area contributed by atoms with E-state index in [1.165, 1.54) is 6.07 Å². The summed E-state index contributed by atoms with van der Waals surface area (Å²) in [6, 6.07) is 5.01. The van der Waals surface area contributed by atoms with Crippen molar-refractivity contribution in [2.75, 3.05) is 19.0 Å². The summed E-state index contributed by atoms with van der Waals surface area (Å²) in [5.74, 6) is 0.693. The topological polar surface area (TPSA) is 64.4 Å². The van der Waals surface area contributed by atoms with E-state index in [4.69, 9.17) is 4.74 Å². The molecule has 1 rings (SSSR count). The monoisotopic (exact) mass is 266 g/mol. The fourth-order valence-electron chi connectivity index (χ4n) is 1.82. The third-order valence-electron chi connectivity index (χ3n) is 2.87. The summed E-state index contributed by atoms with van der Waals surface area (Å²) in [4.78, 5) is 10.4. The standard InChI is InChI=1S/C14H22N2O3/c1-11(2)5-4-8-19-10-12-6-7-14(16(17)18)13(9-12)15-3/h6-7,9,11,15H,4-5,8,10H2,1-3H3. The molecule has 0 aliphatic rings.